The van der Waals surface area contributed by atoms with Crippen molar-refractivity contribution in [2.45, 2.75) is 25.7 Å². The zero-order valence-electron chi connectivity index (χ0n) is 6.62. The van der Waals surface area contributed by atoms with Crippen LogP contribution in [0.1, 0.15) is 25.7 Å². The van der Waals surface area contributed by atoms with Crippen molar-refractivity contribution >= 4 is 5.97 Å². The monoisotopic (exact) mass is 154 g/mol. The molecular weight excluding hydrogens is 140 g/mol. The maximum atomic E-state index is 10.6. The molecule has 0 amide bonds. The minimum Gasteiger partial charge on any atom is -0.481 e. The van der Waals surface area contributed by atoms with Gasteiger partial charge in [0.2, 0.25) is 0 Å². The first kappa shape index (κ1) is 8.31. The van der Waals surface area contributed by atoms with Gasteiger partial charge >= 0.3 is 5.97 Å². The fraction of sp³-hybridized carbons (Fsp3) is 0.667. The molecule has 2 heteroatoms. The molecule has 2 nitrogen and oxygen atoms in total. The predicted molar refractivity (Wildman–Crippen MR) is 43.3 cm³/mol. The van der Waals surface area contributed by atoms with Gasteiger partial charge in [0.15, 0.2) is 0 Å². The highest BCUT2D eigenvalue weighted by atomic mass is 16.4. The number of rotatable bonds is 3. The Labute approximate surface area is 66.9 Å². The zero-order valence-corrected chi connectivity index (χ0v) is 6.62. The van der Waals surface area contributed by atoms with E-state index in [-0.39, 0.29) is 5.92 Å². The third-order valence-corrected chi connectivity index (χ3v) is 2.45. The summed E-state index contributed by atoms with van der Waals surface area (Å²) in [6.45, 7) is 3.55. The summed E-state index contributed by atoms with van der Waals surface area (Å²) in [5.74, 6) is -0.672. The second-order valence-electron chi connectivity index (χ2n) is 3.14. The molecule has 62 valence electrons. The third kappa shape index (κ3) is 1.82. The Morgan fingerprint density at radius 1 is 1.55 bits per heavy atom. The summed E-state index contributed by atoms with van der Waals surface area (Å²) in [5, 5.41) is 8.76. The maximum absolute atomic E-state index is 10.6. The van der Waals surface area contributed by atoms with Gasteiger partial charge in [0.1, 0.15) is 0 Å². The SMILES string of the molecule is C=CC(C(=O)O)C1CCCC1. The van der Waals surface area contributed by atoms with E-state index < -0.39 is 5.97 Å². The number of carboxylic acid groups (broad SMARTS) is 1. The Morgan fingerprint density at radius 2 is 2.09 bits per heavy atom. The van der Waals surface area contributed by atoms with Crippen molar-refractivity contribution in [2.75, 3.05) is 0 Å². The first-order valence-electron chi connectivity index (χ1n) is 4.11. The van der Waals surface area contributed by atoms with E-state index in [1.165, 1.54) is 12.8 Å². The molecule has 11 heavy (non-hydrogen) atoms. The van der Waals surface area contributed by atoms with Crippen molar-refractivity contribution in [3.63, 3.8) is 0 Å². The Balaban J connectivity index is 2.53. The van der Waals surface area contributed by atoms with Crippen LogP contribution in [0.25, 0.3) is 0 Å². The molecule has 0 heterocycles. The summed E-state index contributed by atoms with van der Waals surface area (Å²) in [4.78, 5) is 10.6. The van der Waals surface area contributed by atoms with Gasteiger partial charge in [-0.2, -0.15) is 0 Å². The van der Waals surface area contributed by atoms with E-state index in [0.29, 0.717) is 5.92 Å². The van der Waals surface area contributed by atoms with Crippen molar-refractivity contribution < 1.29 is 9.90 Å². The maximum Gasteiger partial charge on any atom is 0.310 e. The Bertz CT molecular complexity index is 157. The van der Waals surface area contributed by atoms with Gasteiger partial charge < -0.3 is 5.11 Å². The van der Waals surface area contributed by atoms with E-state index in [9.17, 15) is 4.79 Å². The fourth-order valence-electron chi connectivity index (χ4n) is 1.81. The molecule has 1 saturated carbocycles. The van der Waals surface area contributed by atoms with Crippen molar-refractivity contribution in [1.29, 1.82) is 0 Å². The molecule has 0 aromatic rings. The molecule has 1 N–H and O–H groups in total. The summed E-state index contributed by atoms with van der Waals surface area (Å²) in [6.07, 6.45) is 6.05. The van der Waals surface area contributed by atoms with Crippen LogP contribution in [0, 0.1) is 11.8 Å². The highest BCUT2D eigenvalue weighted by Crippen LogP contribution is 2.31. The quantitative estimate of drug-likeness (QED) is 0.632. The largest absolute Gasteiger partial charge is 0.481 e. The lowest BCUT2D eigenvalue weighted by molar-refractivity contribution is -0.141. The second kappa shape index (κ2) is 3.56. The van der Waals surface area contributed by atoms with Gasteiger partial charge in [-0.3, -0.25) is 4.79 Å². The van der Waals surface area contributed by atoms with E-state index in [0.717, 1.165) is 12.8 Å². The lowest BCUT2D eigenvalue weighted by atomic mass is 9.91. The van der Waals surface area contributed by atoms with Crippen LogP contribution in [0.4, 0.5) is 0 Å². The second-order valence-corrected chi connectivity index (χ2v) is 3.14. The molecule has 0 bridgehead atoms. The molecule has 0 aliphatic heterocycles. The standard InChI is InChI=1S/C9H14O2/c1-2-8(9(10)11)7-5-3-4-6-7/h2,7-8H,1,3-6H2,(H,10,11). The molecule has 0 spiro atoms. The highest BCUT2D eigenvalue weighted by Gasteiger charge is 2.27. The third-order valence-electron chi connectivity index (χ3n) is 2.45. The van der Waals surface area contributed by atoms with Gasteiger partial charge in [-0.15, -0.1) is 6.58 Å². The average molecular weight is 154 g/mol. The molecule has 1 rings (SSSR count). The molecule has 1 unspecified atom stereocenters. The number of aliphatic carboxylic acids is 1. The Hall–Kier alpha value is -0.790. The van der Waals surface area contributed by atoms with Crippen LogP contribution in [0.15, 0.2) is 12.7 Å². The van der Waals surface area contributed by atoms with Crippen molar-refractivity contribution in [3.8, 4) is 0 Å². The van der Waals surface area contributed by atoms with Gasteiger partial charge in [0.25, 0.3) is 0 Å². The molecule has 0 radical (unpaired) electrons. The molecule has 0 saturated heterocycles. The van der Waals surface area contributed by atoms with Crippen LogP contribution in [0.3, 0.4) is 0 Å². The van der Waals surface area contributed by atoms with Crippen LogP contribution in [0.5, 0.6) is 0 Å². The minimum absolute atomic E-state index is 0.308. The smallest absolute Gasteiger partial charge is 0.310 e. The van der Waals surface area contributed by atoms with E-state index in [4.69, 9.17) is 5.11 Å². The average Bonchev–Trinajstić information content (AvgIpc) is 2.40. The van der Waals surface area contributed by atoms with Crippen LogP contribution >= 0.6 is 0 Å². The van der Waals surface area contributed by atoms with E-state index in [2.05, 4.69) is 6.58 Å². The lowest BCUT2D eigenvalue weighted by Crippen LogP contribution is -2.18. The Kier molecular flexibility index (Phi) is 2.69. The van der Waals surface area contributed by atoms with Crippen molar-refractivity contribution in [1.82, 2.24) is 0 Å². The van der Waals surface area contributed by atoms with Crippen LogP contribution in [-0.4, -0.2) is 11.1 Å². The van der Waals surface area contributed by atoms with Gasteiger partial charge in [0, 0.05) is 0 Å². The fourth-order valence-corrected chi connectivity index (χ4v) is 1.81. The molecule has 1 fully saturated rings. The van der Waals surface area contributed by atoms with Gasteiger partial charge in [-0.05, 0) is 18.8 Å². The molecule has 1 atom stereocenters. The van der Waals surface area contributed by atoms with E-state index in [1.54, 1.807) is 6.08 Å². The zero-order chi connectivity index (χ0) is 8.27. The number of hydrogen-bond donors (Lipinski definition) is 1. The molecule has 1 aliphatic carbocycles. The Morgan fingerprint density at radius 3 is 2.45 bits per heavy atom. The molecule has 0 aromatic heterocycles. The molecule has 1 aliphatic rings. The highest BCUT2D eigenvalue weighted by molar-refractivity contribution is 5.72. The first-order chi connectivity index (χ1) is 5.25. The van der Waals surface area contributed by atoms with Crippen molar-refractivity contribution in [2.24, 2.45) is 11.8 Å². The minimum atomic E-state index is -0.716. The van der Waals surface area contributed by atoms with E-state index in [1.807, 2.05) is 0 Å². The van der Waals surface area contributed by atoms with Gasteiger partial charge in [0.05, 0.1) is 5.92 Å². The first-order valence-corrected chi connectivity index (χ1v) is 4.11. The molecular formula is C9H14O2. The topological polar surface area (TPSA) is 37.3 Å². The van der Waals surface area contributed by atoms with Gasteiger partial charge in [-0.25, -0.2) is 0 Å². The number of hydrogen-bond acceptors (Lipinski definition) is 1. The summed E-state index contributed by atoms with van der Waals surface area (Å²) < 4.78 is 0. The normalized spacial score (nSPS) is 21.5. The van der Waals surface area contributed by atoms with Crippen LogP contribution in [-0.2, 0) is 4.79 Å². The predicted octanol–water partition coefficient (Wildman–Crippen LogP) is 2.06. The summed E-state index contributed by atoms with van der Waals surface area (Å²) in [6, 6.07) is 0. The van der Waals surface area contributed by atoms with Crippen LogP contribution < -0.4 is 0 Å². The van der Waals surface area contributed by atoms with Crippen molar-refractivity contribution in [3.05, 3.63) is 12.7 Å². The van der Waals surface area contributed by atoms with Crippen LogP contribution in [0.2, 0.25) is 0 Å². The number of carboxylic acids is 1. The lowest BCUT2D eigenvalue weighted by Gasteiger charge is -2.13. The van der Waals surface area contributed by atoms with Gasteiger partial charge in [-0.1, -0.05) is 18.9 Å². The molecule has 0 aromatic carbocycles. The summed E-state index contributed by atoms with van der Waals surface area (Å²) >= 11 is 0. The summed E-state index contributed by atoms with van der Waals surface area (Å²) in [7, 11) is 0. The number of carbonyl (C=O) groups is 1. The van der Waals surface area contributed by atoms with E-state index >= 15 is 0 Å². The summed E-state index contributed by atoms with van der Waals surface area (Å²) in [5.41, 5.74) is 0.